The van der Waals surface area contributed by atoms with Gasteiger partial charge in [-0.3, -0.25) is 4.79 Å². The molecule has 0 spiro atoms. The first-order valence-corrected chi connectivity index (χ1v) is 14.2. The zero-order valence-corrected chi connectivity index (χ0v) is 20.4. The lowest BCUT2D eigenvalue weighted by Gasteiger charge is -2.45. The van der Waals surface area contributed by atoms with Crippen molar-refractivity contribution in [1.82, 2.24) is 9.03 Å². The summed E-state index contributed by atoms with van der Waals surface area (Å²) >= 11 is 0. The minimum Gasteiger partial charge on any atom is -0.493 e. The highest BCUT2D eigenvalue weighted by molar-refractivity contribution is 7.87. The van der Waals surface area contributed by atoms with Gasteiger partial charge in [-0.1, -0.05) is 25.7 Å². The van der Waals surface area contributed by atoms with Gasteiger partial charge in [-0.05, 0) is 68.4 Å². The first-order chi connectivity index (χ1) is 16.2. The molecule has 2 bridgehead atoms. The number of fused-ring (bicyclic) bond motifs is 2. The van der Waals surface area contributed by atoms with E-state index >= 15 is 4.39 Å². The molecule has 0 radical (unpaired) electrons. The summed E-state index contributed by atoms with van der Waals surface area (Å²) in [4.78, 5) is 12.8. The van der Waals surface area contributed by atoms with Gasteiger partial charge in [0, 0.05) is 24.6 Å². The van der Waals surface area contributed by atoms with Crippen LogP contribution in [0.25, 0.3) is 0 Å². The molecule has 1 aromatic rings. The van der Waals surface area contributed by atoms with Gasteiger partial charge in [-0.25, -0.2) is 9.11 Å². The Hall–Kier alpha value is -1.71. The van der Waals surface area contributed by atoms with Crippen molar-refractivity contribution in [2.45, 2.75) is 82.7 Å². The Kier molecular flexibility index (Phi) is 6.63. The molecule has 4 fully saturated rings. The smallest absolute Gasteiger partial charge is 0.304 e. The predicted octanol–water partition coefficient (Wildman–Crippen LogP) is 3.87. The molecule has 1 heterocycles. The number of nitrogens with one attached hydrogen (secondary N) is 1. The summed E-state index contributed by atoms with van der Waals surface area (Å²) in [6.45, 7) is 0.813. The van der Waals surface area contributed by atoms with Gasteiger partial charge >= 0.3 is 10.2 Å². The second kappa shape index (κ2) is 9.39. The van der Waals surface area contributed by atoms with Crippen LogP contribution in [0.4, 0.5) is 4.39 Å². The number of carbonyl (C=O) groups is 1. The molecule has 0 atom stereocenters. The summed E-state index contributed by atoms with van der Waals surface area (Å²) in [5.74, 6) is -0.263. The van der Waals surface area contributed by atoms with E-state index in [1.165, 1.54) is 44.2 Å². The van der Waals surface area contributed by atoms with Crippen LogP contribution in [0.1, 0.15) is 92.5 Å². The Labute approximate surface area is 201 Å². The number of piperidine rings is 1. The molecule has 1 aliphatic heterocycles. The van der Waals surface area contributed by atoms with Crippen molar-refractivity contribution < 1.29 is 27.4 Å². The third-order valence-electron chi connectivity index (χ3n) is 8.24. The van der Waals surface area contributed by atoms with Crippen LogP contribution in [0, 0.1) is 17.2 Å². The molecule has 0 unspecified atom stereocenters. The van der Waals surface area contributed by atoms with Crippen molar-refractivity contribution in [1.29, 1.82) is 0 Å². The third kappa shape index (κ3) is 5.11. The van der Waals surface area contributed by atoms with E-state index in [2.05, 4.69) is 0 Å². The molecule has 3 saturated carbocycles. The van der Waals surface area contributed by atoms with E-state index in [4.69, 9.17) is 4.74 Å². The molecular formula is C25H35FN2O5S. The van der Waals surface area contributed by atoms with Crippen LogP contribution in [0.15, 0.2) is 12.1 Å². The minimum absolute atomic E-state index is 0.120. The predicted molar refractivity (Wildman–Crippen MR) is 125 cm³/mol. The van der Waals surface area contributed by atoms with Gasteiger partial charge in [0.15, 0.2) is 0 Å². The molecule has 188 valence electrons. The molecule has 1 aromatic carbocycles. The third-order valence-corrected chi connectivity index (χ3v) is 9.73. The molecule has 4 aliphatic rings. The summed E-state index contributed by atoms with van der Waals surface area (Å²) in [6.07, 6.45) is 10.5. The number of amides is 1. The SMILES string of the molecule is O=C(NS(=O)(=O)N1CCC(O)CC1)c1cc(C2CC2)c(OCC23CCCC(CCC2)C3)cc1F. The minimum atomic E-state index is -4.11. The lowest BCUT2D eigenvalue weighted by molar-refractivity contribution is 0.0278. The molecule has 2 N–H and O–H groups in total. The highest BCUT2D eigenvalue weighted by Crippen LogP contribution is 2.50. The summed E-state index contributed by atoms with van der Waals surface area (Å²) in [7, 11) is -4.11. The fourth-order valence-electron chi connectivity index (χ4n) is 6.16. The van der Waals surface area contributed by atoms with Crippen molar-refractivity contribution in [3.63, 3.8) is 0 Å². The van der Waals surface area contributed by atoms with Crippen molar-refractivity contribution in [3.8, 4) is 5.75 Å². The van der Waals surface area contributed by atoms with E-state index in [0.717, 1.165) is 41.5 Å². The fourth-order valence-corrected chi connectivity index (χ4v) is 7.32. The second-order valence-electron chi connectivity index (χ2n) is 10.9. The Bertz CT molecular complexity index is 1020. The van der Waals surface area contributed by atoms with Gasteiger partial charge in [0.1, 0.15) is 11.6 Å². The van der Waals surface area contributed by atoms with Gasteiger partial charge in [0.2, 0.25) is 0 Å². The van der Waals surface area contributed by atoms with E-state index in [0.29, 0.717) is 25.2 Å². The number of aliphatic hydroxyl groups excluding tert-OH is 1. The molecule has 7 nitrogen and oxygen atoms in total. The van der Waals surface area contributed by atoms with Gasteiger partial charge < -0.3 is 9.84 Å². The van der Waals surface area contributed by atoms with E-state index < -0.39 is 28.0 Å². The molecule has 5 rings (SSSR count). The lowest BCUT2D eigenvalue weighted by atomic mass is 9.62. The van der Waals surface area contributed by atoms with Crippen molar-refractivity contribution in [2.24, 2.45) is 11.3 Å². The van der Waals surface area contributed by atoms with E-state index in [9.17, 15) is 18.3 Å². The Morgan fingerprint density at radius 2 is 1.79 bits per heavy atom. The maximum absolute atomic E-state index is 15.1. The van der Waals surface area contributed by atoms with Crippen LogP contribution in [0.3, 0.4) is 0 Å². The lowest BCUT2D eigenvalue weighted by Crippen LogP contribution is -2.47. The zero-order chi connectivity index (χ0) is 23.9. The number of ether oxygens (including phenoxy) is 1. The number of hydrogen-bond acceptors (Lipinski definition) is 5. The Morgan fingerprint density at radius 3 is 2.44 bits per heavy atom. The Morgan fingerprint density at radius 1 is 1.12 bits per heavy atom. The summed E-state index contributed by atoms with van der Waals surface area (Å²) < 4.78 is 49.7. The highest BCUT2D eigenvalue weighted by Gasteiger charge is 2.40. The molecule has 1 saturated heterocycles. The van der Waals surface area contributed by atoms with E-state index in [1.807, 2.05) is 4.72 Å². The topological polar surface area (TPSA) is 95.9 Å². The van der Waals surface area contributed by atoms with Crippen molar-refractivity contribution in [3.05, 3.63) is 29.1 Å². The van der Waals surface area contributed by atoms with Crippen LogP contribution in [0.2, 0.25) is 0 Å². The van der Waals surface area contributed by atoms with Crippen LogP contribution >= 0.6 is 0 Å². The van der Waals surface area contributed by atoms with E-state index in [-0.39, 0.29) is 30.0 Å². The highest BCUT2D eigenvalue weighted by atomic mass is 32.2. The normalized spacial score (nSPS) is 28.5. The standard InChI is InChI=1S/C25H35FN2O5S/c26-22-14-23(33-16-25-9-1-3-17(15-25)4-2-10-25)20(18-5-6-18)13-21(22)24(30)27-34(31,32)28-11-7-19(29)8-12-28/h13-14,17-19,29H,1-12,15-16H2,(H,27,30). The van der Waals surface area contributed by atoms with Crippen LogP contribution in [0.5, 0.6) is 5.75 Å². The Balaban J connectivity index is 1.31. The molecule has 0 aromatic heterocycles. The number of nitrogens with zero attached hydrogens (tertiary/aromatic N) is 1. The molecule has 9 heteroatoms. The van der Waals surface area contributed by atoms with Gasteiger partial charge in [0.05, 0.1) is 18.3 Å². The average molecular weight is 495 g/mol. The number of hydrogen-bond donors (Lipinski definition) is 2. The maximum Gasteiger partial charge on any atom is 0.304 e. The molecule has 34 heavy (non-hydrogen) atoms. The largest absolute Gasteiger partial charge is 0.493 e. The summed E-state index contributed by atoms with van der Waals surface area (Å²) in [5.41, 5.74) is 0.693. The molecule has 1 amide bonds. The first kappa shape index (κ1) is 24.0. The number of carbonyl (C=O) groups excluding carboxylic acids is 1. The van der Waals surface area contributed by atoms with Crippen LogP contribution in [-0.4, -0.2) is 49.5 Å². The zero-order valence-electron chi connectivity index (χ0n) is 19.6. The van der Waals surface area contributed by atoms with Crippen molar-refractivity contribution in [2.75, 3.05) is 19.7 Å². The fraction of sp³-hybridized carbons (Fsp3) is 0.720. The summed E-state index contributed by atoms with van der Waals surface area (Å²) in [5, 5.41) is 9.61. The average Bonchev–Trinajstić information content (AvgIpc) is 3.63. The quantitative estimate of drug-likeness (QED) is 0.600. The number of halogens is 1. The monoisotopic (exact) mass is 494 g/mol. The van der Waals surface area contributed by atoms with Gasteiger partial charge in [-0.15, -0.1) is 0 Å². The molecular weight excluding hydrogens is 459 g/mol. The first-order valence-electron chi connectivity index (χ1n) is 12.7. The van der Waals surface area contributed by atoms with Gasteiger partial charge in [-0.2, -0.15) is 12.7 Å². The van der Waals surface area contributed by atoms with Crippen molar-refractivity contribution >= 4 is 16.1 Å². The van der Waals surface area contributed by atoms with Crippen LogP contribution in [-0.2, 0) is 10.2 Å². The van der Waals surface area contributed by atoms with Gasteiger partial charge in [0.25, 0.3) is 5.91 Å². The van der Waals surface area contributed by atoms with Crippen LogP contribution < -0.4 is 9.46 Å². The summed E-state index contributed by atoms with van der Waals surface area (Å²) in [6, 6.07) is 2.75. The van der Waals surface area contributed by atoms with E-state index in [1.54, 1.807) is 0 Å². The molecule has 3 aliphatic carbocycles. The number of rotatable bonds is 7. The maximum atomic E-state index is 15.1. The number of aliphatic hydroxyl groups is 1. The number of benzene rings is 1. The second-order valence-corrected chi connectivity index (χ2v) is 12.5.